The maximum absolute atomic E-state index is 12.4. The highest BCUT2D eigenvalue weighted by molar-refractivity contribution is 6.04. The number of aromatic nitrogens is 3. The van der Waals surface area contributed by atoms with Crippen molar-refractivity contribution >= 4 is 17.5 Å². The molecule has 0 spiro atoms. The van der Waals surface area contributed by atoms with E-state index in [1.54, 1.807) is 23.1 Å². The minimum Gasteiger partial charge on any atom is -0.474 e. The van der Waals surface area contributed by atoms with Crippen molar-refractivity contribution in [3.05, 3.63) is 114 Å². The summed E-state index contributed by atoms with van der Waals surface area (Å²) in [5.41, 5.74) is 2.63. The van der Waals surface area contributed by atoms with Crippen molar-refractivity contribution in [2.75, 3.05) is 11.9 Å². The van der Waals surface area contributed by atoms with Crippen LogP contribution < -0.4 is 5.32 Å². The van der Waals surface area contributed by atoms with Crippen LogP contribution in [0.25, 0.3) is 0 Å². The molecular weight excluding hydrogens is 402 g/mol. The van der Waals surface area contributed by atoms with Crippen LogP contribution >= 0.6 is 0 Å². The third-order valence-corrected chi connectivity index (χ3v) is 5.39. The Kier molecular flexibility index (Phi) is 5.21. The van der Waals surface area contributed by atoms with Crippen LogP contribution in [0.4, 0.5) is 5.69 Å². The van der Waals surface area contributed by atoms with E-state index in [9.17, 15) is 4.79 Å². The summed E-state index contributed by atoms with van der Waals surface area (Å²) in [6.45, 7) is 0.921. The molecule has 1 atom stereocenters. The van der Waals surface area contributed by atoms with Crippen molar-refractivity contribution in [1.29, 1.82) is 0 Å². The summed E-state index contributed by atoms with van der Waals surface area (Å²) in [6.07, 6.45) is 3.20. The van der Waals surface area contributed by atoms with Crippen LogP contribution in [0.15, 0.2) is 103 Å². The van der Waals surface area contributed by atoms with Crippen LogP contribution in [-0.2, 0) is 16.8 Å². The predicted molar refractivity (Wildman–Crippen MR) is 121 cm³/mol. The molecule has 2 heterocycles. The molecule has 4 aromatic rings. The number of benzene rings is 3. The molecule has 0 fully saturated rings. The Morgan fingerprint density at radius 2 is 1.69 bits per heavy atom. The van der Waals surface area contributed by atoms with Crippen LogP contribution in [0.3, 0.4) is 0 Å². The highest BCUT2D eigenvalue weighted by Crippen LogP contribution is 2.34. The number of rotatable bonds is 6. The number of aliphatic imine (C=N–C) groups is 1. The second-order valence-corrected chi connectivity index (χ2v) is 7.59. The third-order valence-electron chi connectivity index (χ3n) is 5.39. The van der Waals surface area contributed by atoms with Gasteiger partial charge in [-0.25, -0.2) is 9.98 Å². The summed E-state index contributed by atoms with van der Waals surface area (Å²) in [7, 11) is 0. The van der Waals surface area contributed by atoms with Crippen LogP contribution in [0, 0.1) is 0 Å². The van der Waals surface area contributed by atoms with Crippen LogP contribution in [0.1, 0.15) is 21.5 Å². The Hall–Kier alpha value is -4.26. The molecule has 0 saturated carbocycles. The molecule has 0 aliphatic carbocycles. The van der Waals surface area contributed by atoms with Crippen molar-refractivity contribution in [3.8, 4) is 0 Å². The number of anilines is 1. The lowest BCUT2D eigenvalue weighted by atomic mass is 9.91. The monoisotopic (exact) mass is 423 g/mol. The highest BCUT2D eigenvalue weighted by atomic mass is 16.5. The zero-order chi connectivity index (χ0) is 21.8. The van der Waals surface area contributed by atoms with Gasteiger partial charge in [0.25, 0.3) is 5.91 Å². The fraction of sp³-hybridized carbons (Fsp3) is 0.120. The van der Waals surface area contributed by atoms with Crippen molar-refractivity contribution in [2.45, 2.75) is 12.1 Å². The number of carbonyl (C=O) groups is 1. The number of nitrogens with one attached hydrogen (secondary N) is 1. The SMILES string of the molecule is O=C(Nc1ccc(C2=NC(Cn3cncn3)(c3ccccc3)CO2)cc1)c1ccccc1. The van der Waals surface area contributed by atoms with Gasteiger partial charge in [-0.05, 0) is 42.0 Å². The second kappa shape index (κ2) is 8.47. The van der Waals surface area contributed by atoms with E-state index in [1.165, 1.54) is 6.33 Å². The van der Waals surface area contributed by atoms with Gasteiger partial charge in [-0.1, -0.05) is 48.5 Å². The summed E-state index contributed by atoms with van der Waals surface area (Å²) >= 11 is 0. The van der Waals surface area contributed by atoms with Crippen molar-refractivity contribution in [3.63, 3.8) is 0 Å². The Morgan fingerprint density at radius 3 is 2.38 bits per heavy atom. The summed E-state index contributed by atoms with van der Waals surface area (Å²) in [6, 6.07) is 26.7. The molecule has 3 aromatic carbocycles. The van der Waals surface area contributed by atoms with Crippen molar-refractivity contribution in [2.24, 2.45) is 4.99 Å². The Morgan fingerprint density at radius 1 is 0.969 bits per heavy atom. The van der Waals surface area contributed by atoms with E-state index in [0.29, 0.717) is 30.3 Å². The van der Waals surface area contributed by atoms with Gasteiger partial charge >= 0.3 is 0 Å². The van der Waals surface area contributed by atoms with Gasteiger partial charge < -0.3 is 10.1 Å². The Balaban J connectivity index is 1.39. The molecule has 1 aliphatic rings. The van der Waals surface area contributed by atoms with E-state index < -0.39 is 5.54 Å². The van der Waals surface area contributed by atoms with E-state index in [4.69, 9.17) is 9.73 Å². The van der Waals surface area contributed by atoms with Gasteiger partial charge in [-0.2, -0.15) is 5.10 Å². The van der Waals surface area contributed by atoms with E-state index >= 15 is 0 Å². The van der Waals surface area contributed by atoms with E-state index in [0.717, 1.165) is 11.1 Å². The first kappa shape index (κ1) is 19.7. The van der Waals surface area contributed by atoms with Crippen molar-refractivity contribution in [1.82, 2.24) is 14.8 Å². The number of carbonyl (C=O) groups excluding carboxylic acids is 1. The third kappa shape index (κ3) is 4.00. The molecule has 0 bridgehead atoms. The van der Waals surface area contributed by atoms with Gasteiger partial charge in [0.05, 0.1) is 6.54 Å². The maximum Gasteiger partial charge on any atom is 0.255 e. The van der Waals surface area contributed by atoms with E-state index in [-0.39, 0.29) is 5.91 Å². The molecule has 7 nitrogen and oxygen atoms in total. The lowest BCUT2D eigenvalue weighted by Gasteiger charge is -2.24. The predicted octanol–water partition coefficient (Wildman–Crippen LogP) is 3.90. The first-order chi connectivity index (χ1) is 15.7. The number of amides is 1. The average Bonchev–Trinajstić information content (AvgIpc) is 3.52. The molecule has 158 valence electrons. The number of nitrogens with zero attached hydrogens (tertiary/aromatic N) is 4. The lowest BCUT2D eigenvalue weighted by molar-refractivity contribution is 0.102. The largest absolute Gasteiger partial charge is 0.474 e. The standard InChI is InChI=1S/C25H21N5O2/c31-23(19-7-3-1-4-8-19)28-22-13-11-20(12-14-22)24-29-25(16-32-24,15-30-18-26-17-27-30)21-9-5-2-6-10-21/h1-14,17-18H,15-16H2,(H,28,31). The molecule has 1 amide bonds. The minimum atomic E-state index is -0.593. The summed E-state index contributed by atoms with van der Waals surface area (Å²) in [5, 5.41) is 7.16. The topological polar surface area (TPSA) is 81.4 Å². The zero-order valence-electron chi connectivity index (χ0n) is 17.3. The molecule has 1 aromatic heterocycles. The van der Waals surface area contributed by atoms with Gasteiger partial charge in [0.1, 0.15) is 24.8 Å². The van der Waals surface area contributed by atoms with Gasteiger partial charge in [-0.15, -0.1) is 0 Å². The van der Waals surface area contributed by atoms with Gasteiger partial charge in [0.15, 0.2) is 0 Å². The fourth-order valence-corrected chi connectivity index (χ4v) is 3.73. The lowest BCUT2D eigenvalue weighted by Crippen LogP contribution is -2.31. The number of ether oxygens (including phenoxy) is 1. The van der Waals surface area contributed by atoms with Crippen LogP contribution in [0.2, 0.25) is 0 Å². The first-order valence-corrected chi connectivity index (χ1v) is 10.3. The van der Waals surface area contributed by atoms with Gasteiger partial charge in [-0.3, -0.25) is 9.48 Å². The van der Waals surface area contributed by atoms with E-state index in [1.807, 2.05) is 60.7 Å². The molecule has 1 aliphatic heterocycles. The molecule has 7 heteroatoms. The van der Waals surface area contributed by atoms with Crippen LogP contribution in [-0.4, -0.2) is 33.2 Å². The average molecular weight is 423 g/mol. The molecule has 32 heavy (non-hydrogen) atoms. The Labute approximate surface area is 185 Å². The fourth-order valence-electron chi connectivity index (χ4n) is 3.73. The first-order valence-electron chi connectivity index (χ1n) is 10.3. The molecule has 0 saturated heterocycles. The van der Waals surface area contributed by atoms with Gasteiger partial charge in [0, 0.05) is 16.8 Å². The quantitative estimate of drug-likeness (QED) is 0.510. The molecule has 1 N–H and O–H groups in total. The molecule has 0 radical (unpaired) electrons. The van der Waals surface area contributed by atoms with Crippen LogP contribution in [0.5, 0.6) is 0 Å². The number of hydrogen-bond donors (Lipinski definition) is 1. The summed E-state index contributed by atoms with van der Waals surface area (Å²) in [5.74, 6) is 0.415. The van der Waals surface area contributed by atoms with Crippen molar-refractivity contribution < 1.29 is 9.53 Å². The minimum absolute atomic E-state index is 0.149. The van der Waals surface area contributed by atoms with E-state index in [2.05, 4.69) is 27.5 Å². The zero-order valence-corrected chi connectivity index (χ0v) is 17.3. The second-order valence-electron chi connectivity index (χ2n) is 7.59. The normalized spacial score (nSPS) is 17.4. The number of hydrogen-bond acceptors (Lipinski definition) is 5. The summed E-state index contributed by atoms with van der Waals surface area (Å²) in [4.78, 5) is 21.4. The highest BCUT2D eigenvalue weighted by Gasteiger charge is 2.39. The summed E-state index contributed by atoms with van der Waals surface area (Å²) < 4.78 is 7.82. The molecule has 5 rings (SSSR count). The molecular formula is C25H21N5O2. The smallest absolute Gasteiger partial charge is 0.255 e. The maximum atomic E-state index is 12.4. The van der Waals surface area contributed by atoms with Gasteiger partial charge in [0.2, 0.25) is 5.90 Å². The molecule has 1 unspecified atom stereocenters. The Bertz CT molecular complexity index is 1220.